The summed E-state index contributed by atoms with van der Waals surface area (Å²) in [4.78, 5) is 15.3. The lowest BCUT2D eigenvalue weighted by molar-refractivity contribution is 0.0730. The van der Waals surface area contributed by atoms with Gasteiger partial charge >= 0.3 is 0 Å². The molecule has 1 aliphatic heterocycles. The molecule has 2 N–H and O–H groups in total. The van der Waals surface area contributed by atoms with Crippen molar-refractivity contribution in [1.82, 2.24) is 15.1 Å². The number of phenols is 1. The summed E-state index contributed by atoms with van der Waals surface area (Å²) in [6.07, 6.45) is 0. The Hall–Kier alpha value is -3.57. The topological polar surface area (TPSA) is 69.2 Å². The largest absolute Gasteiger partial charge is 0.507 e. The first-order valence-corrected chi connectivity index (χ1v) is 10.8. The Kier molecular flexibility index (Phi) is 4.98. The van der Waals surface area contributed by atoms with Gasteiger partial charge in [-0.1, -0.05) is 66.2 Å². The number of nitrogens with one attached hydrogen (secondary N) is 1. The SMILES string of the molecule is Cc1cc(C)c(O)c(-c2n[nH]c3c2C(c2ccccc2)N(Cc2ccccc2Cl)C3=O)c1. The number of nitrogens with zero attached hydrogens (tertiary/aromatic N) is 2. The molecule has 32 heavy (non-hydrogen) atoms. The normalized spacial score (nSPS) is 15.3. The Morgan fingerprint density at radius 2 is 1.78 bits per heavy atom. The van der Waals surface area contributed by atoms with Crippen molar-refractivity contribution >= 4 is 17.5 Å². The maximum atomic E-state index is 13.5. The number of halogens is 1. The fraction of sp³-hybridized carbons (Fsp3) is 0.154. The Balaban J connectivity index is 1.69. The quantitative estimate of drug-likeness (QED) is 0.419. The highest BCUT2D eigenvalue weighted by Crippen LogP contribution is 2.46. The molecule has 0 saturated carbocycles. The van der Waals surface area contributed by atoms with Gasteiger partial charge in [0.05, 0.1) is 6.04 Å². The molecular weight excluding hydrogens is 422 g/mol. The van der Waals surface area contributed by atoms with Gasteiger partial charge in [-0.05, 0) is 48.2 Å². The predicted molar refractivity (Wildman–Crippen MR) is 125 cm³/mol. The number of benzene rings is 3. The highest BCUT2D eigenvalue weighted by atomic mass is 35.5. The Bertz CT molecular complexity index is 1330. The molecule has 5 nitrogen and oxygen atoms in total. The molecule has 3 aromatic carbocycles. The fourth-order valence-electron chi connectivity index (χ4n) is 4.50. The standard InChI is InChI=1S/C26H22ClN3O2/c1-15-12-16(2)25(31)19(13-15)22-21-23(29-28-22)26(32)30(14-18-10-6-7-11-20(18)27)24(21)17-8-4-3-5-9-17/h3-13,24,31H,14H2,1-2H3,(H,28,29). The number of carbonyl (C=O) groups excluding carboxylic acids is 1. The van der Waals surface area contributed by atoms with Crippen LogP contribution in [0.15, 0.2) is 66.7 Å². The molecule has 5 rings (SSSR count). The number of H-pyrrole nitrogens is 1. The van der Waals surface area contributed by atoms with Crippen LogP contribution in [-0.4, -0.2) is 26.1 Å². The summed E-state index contributed by atoms with van der Waals surface area (Å²) in [7, 11) is 0. The molecule has 1 aliphatic rings. The van der Waals surface area contributed by atoms with E-state index in [-0.39, 0.29) is 17.7 Å². The van der Waals surface area contributed by atoms with Gasteiger partial charge in [0, 0.05) is 22.7 Å². The molecule has 6 heteroatoms. The number of aryl methyl sites for hydroxylation is 2. The van der Waals surface area contributed by atoms with Crippen molar-refractivity contribution in [3.63, 3.8) is 0 Å². The van der Waals surface area contributed by atoms with Crippen LogP contribution in [0.1, 0.15) is 44.3 Å². The van der Waals surface area contributed by atoms with Gasteiger partial charge in [0.25, 0.3) is 5.91 Å². The summed E-state index contributed by atoms with van der Waals surface area (Å²) >= 11 is 6.42. The maximum Gasteiger partial charge on any atom is 0.273 e. The number of aromatic nitrogens is 2. The lowest BCUT2D eigenvalue weighted by atomic mass is 9.94. The summed E-state index contributed by atoms with van der Waals surface area (Å²) in [6, 6.07) is 20.9. The Morgan fingerprint density at radius 1 is 1.06 bits per heavy atom. The first-order chi connectivity index (χ1) is 15.5. The summed E-state index contributed by atoms with van der Waals surface area (Å²) in [5.74, 6) is 0.0325. The van der Waals surface area contributed by atoms with Crippen molar-refractivity contribution in [3.05, 3.63) is 105 Å². The molecule has 0 aliphatic carbocycles. The summed E-state index contributed by atoms with van der Waals surface area (Å²) in [6.45, 7) is 4.20. The number of rotatable bonds is 4. The van der Waals surface area contributed by atoms with E-state index in [1.54, 1.807) is 0 Å². The molecule has 160 valence electrons. The lowest BCUT2D eigenvalue weighted by Gasteiger charge is -2.27. The van der Waals surface area contributed by atoms with E-state index in [9.17, 15) is 9.90 Å². The zero-order valence-corrected chi connectivity index (χ0v) is 18.5. The number of fused-ring (bicyclic) bond motifs is 1. The highest BCUT2D eigenvalue weighted by molar-refractivity contribution is 6.31. The number of phenolic OH excluding ortho intramolecular Hbond substituents is 1. The zero-order chi connectivity index (χ0) is 22.4. The summed E-state index contributed by atoms with van der Waals surface area (Å²) in [5, 5.41) is 18.9. The third-order valence-electron chi connectivity index (χ3n) is 5.98. The highest BCUT2D eigenvalue weighted by Gasteiger charge is 2.42. The number of hydrogen-bond donors (Lipinski definition) is 2. The monoisotopic (exact) mass is 443 g/mol. The molecule has 2 heterocycles. The Morgan fingerprint density at radius 3 is 2.53 bits per heavy atom. The molecule has 1 aromatic heterocycles. The van der Waals surface area contributed by atoms with Gasteiger partial charge in [0.2, 0.25) is 0 Å². The molecule has 1 unspecified atom stereocenters. The second-order valence-electron chi connectivity index (χ2n) is 8.18. The van der Waals surface area contributed by atoms with Gasteiger partial charge < -0.3 is 10.0 Å². The third kappa shape index (κ3) is 3.26. The molecule has 0 radical (unpaired) electrons. The summed E-state index contributed by atoms with van der Waals surface area (Å²) < 4.78 is 0. The number of amides is 1. The number of aromatic hydroxyl groups is 1. The van der Waals surface area contributed by atoms with E-state index in [2.05, 4.69) is 10.2 Å². The third-order valence-corrected chi connectivity index (χ3v) is 6.35. The predicted octanol–water partition coefficient (Wildman–Crippen LogP) is 5.80. The van der Waals surface area contributed by atoms with Crippen LogP contribution in [0.25, 0.3) is 11.3 Å². The second kappa shape index (κ2) is 7.84. The molecule has 0 spiro atoms. The van der Waals surface area contributed by atoms with Crippen molar-refractivity contribution in [2.24, 2.45) is 0 Å². The lowest BCUT2D eigenvalue weighted by Crippen LogP contribution is -2.29. The molecule has 0 saturated heterocycles. The van der Waals surface area contributed by atoms with Crippen LogP contribution in [0.4, 0.5) is 0 Å². The van der Waals surface area contributed by atoms with Crippen molar-refractivity contribution in [3.8, 4) is 17.0 Å². The number of hydrogen-bond acceptors (Lipinski definition) is 3. The molecule has 4 aromatic rings. The minimum atomic E-state index is -0.357. The smallest absolute Gasteiger partial charge is 0.273 e. The van der Waals surface area contributed by atoms with Crippen LogP contribution in [-0.2, 0) is 6.54 Å². The minimum absolute atomic E-state index is 0.142. The van der Waals surface area contributed by atoms with Crippen LogP contribution >= 0.6 is 11.6 Å². The molecule has 0 fully saturated rings. The first kappa shape index (κ1) is 20.3. The number of aromatic amines is 1. The zero-order valence-electron chi connectivity index (χ0n) is 17.8. The van der Waals surface area contributed by atoms with Crippen molar-refractivity contribution in [2.45, 2.75) is 26.4 Å². The second-order valence-corrected chi connectivity index (χ2v) is 8.58. The van der Waals surface area contributed by atoms with E-state index in [1.807, 2.05) is 85.5 Å². The van der Waals surface area contributed by atoms with Crippen LogP contribution < -0.4 is 0 Å². The average Bonchev–Trinajstić information content (AvgIpc) is 3.32. The summed E-state index contributed by atoms with van der Waals surface area (Å²) in [5.41, 5.74) is 6.05. The molecule has 0 bridgehead atoms. The Labute approximate surface area is 191 Å². The van der Waals surface area contributed by atoms with E-state index < -0.39 is 0 Å². The van der Waals surface area contributed by atoms with Gasteiger partial charge in [-0.2, -0.15) is 5.10 Å². The molecule has 1 atom stereocenters. The van der Waals surface area contributed by atoms with Gasteiger partial charge in [-0.3, -0.25) is 9.89 Å². The maximum absolute atomic E-state index is 13.5. The molecule has 1 amide bonds. The van der Waals surface area contributed by atoms with E-state index in [1.165, 1.54) is 0 Å². The van der Waals surface area contributed by atoms with E-state index in [0.717, 1.165) is 27.8 Å². The van der Waals surface area contributed by atoms with Crippen LogP contribution in [0, 0.1) is 13.8 Å². The number of carbonyl (C=O) groups is 1. The fourth-order valence-corrected chi connectivity index (χ4v) is 4.69. The van der Waals surface area contributed by atoms with Gasteiger partial charge in [0.15, 0.2) is 0 Å². The van der Waals surface area contributed by atoms with E-state index in [0.29, 0.717) is 28.5 Å². The van der Waals surface area contributed by atoms with E-state index >= 15 is 0 Å². The van der Waals surface area contributed by atoms with Crippen molar-refractivity contribution in [2.75, 3.05) is 0 Å². The van der Waals surface area contributed by atoms with E-state index in [4.69, 9.17) is 11.6 Å². The average molecular weight is 444 g/mol. The van der Waals surface area contributed by atoms with Crippen LogP contribution in [0.5, 0.6) is 5.75 Å². The van der Waals surface area contributed by atoms with Gasteiger partial charge in [-0.25, -0.2) is 0 Å². The molecular formula is C26H22ClN3O2. The van der Waals surface area contributed by atoms with Gasteiger partial charge in [0.1, 0.15) is 17.1 Å². The first-order valence-electron chi connectivity index (χ1n) is 10.4. The van der Waals surface area contributed by atoms with Gasteiger partial charge in [-0.15, -0.1) is 0 Å². The van der Waals surface area contributed by atoms with Crippen LogP contribution in [0.2, 0.25) is 5.02 Å². The van der Waals surface area contributed by atoms with Crippen molar-refractivity contribution in [1.29, 1.82) is 0 Å². The minimum Gasteiger partial charge on any atom is -0.507 e. The van der Waals surface area contributed by atoms with Crippen molar-refractivity contribution < 1.29 is 9.90 Å². The van der Waals surface area contributed by atoms with Crippen LogP contribution in [0.3, 0.4) is 0 Å².